The molecule has 1 aromatic carbocycles. The summed E-state index contributed by atoms with van der Waals surface area (Å²) in [5.74, 6) is -0.679. The van der Waals surface area contributed by atoms with E-state index in [1.54, 1.807) is 6.07 Å². The van der Waals surface area contributed by atoms with Crippen LogP contribution in [0.3, 0.4) is 0 Å². The first kappa shape index (κ1) is 16.7. The lowest BCUT2D eigenvalue weighted by atomic mass is 10.3. The summed E-state index contributed by atoms with van der Waals surface area (Å²) in [6, 6.07) is 5.84. The van der Waals surface area contributed by atoms with E-state index in [1.165, 1.54) is 29.5 Å². The van der Waals surface area contributed by atoms with Crippen LogP contribution in [-0.2, 0) is 0 Å². The average Bonchev–Trinajstić information content (AvgIpc) is 2.87. The highest BCUT2D eigenvalue weighted by Gasteiger charge is 2.24. The number of halogens is 1. The number of hydrogen-bond acceptors (Lipinski definition) is 8. The van der Waals surface area contributed by atoms with Gasteiger partial charge in [-0.2, -0.15) is 0 Å². The summed E-state index contributed by atoms with van der Waals surface area (Å²) in [6.07, 6.45) is 1.16. The van der Waals surface area contributed by atoms with Crippen molar-refractivity contribution in [3.8, 4) is 0 Å². The number of aromatic nitrogens is 3. The number of para-hydroxylation sites is 1. The summed E-state index contributed by atoms with van der Waals surface area (Å²) < 4.78 is 13.8. The van der Waals surface area contributed by atoms with Crippen molar-refractivity contribution in [2.45, 2.75) is 13.8 Å². The predicted molar refractivity (Wildman–Crippen MR) is 93.2 cm³/mol. The fourth-order valence-corrected chi connectivity index (χ4v) is 2.87. The molecule has 128 valence electrons. The number of nitrogens with zero attached hydrogens (tertiary/aromatic N) is 4. The minimum absolute atomic E-state index is 0.0208. The van der Waals surface area contributed by atoms with Crippen LogP contribution in [0.15, 0.2) is 30.6 Å². The van der Waals surface area contributed by atoms with E-state index in [0.717, 1.165) is 16.9 Å². The molecule has 3 rings (SSSR count). The first-order valence-electron chi connectivity index (χ1n) is 7.17. The Labute approximate surface area is 145 Å². The van der Waals surface area contributed by atoms with Crippen LogP contribution in [0.2, 0.25) is 0 Å². The van der Waals surface area contributed by atoms with Crippen LogP contribution in [0.25, 0.3) is 0 Å². The molecule has 0 amide bonds. The summed E-state index contributed by atoms with van der Waals surface area (Å²) >= 11 is 1.36. The zero-order valence-electron chi connectivity index (χ0n) is 13.3. The number of nitrogens with one attached hydrogen (secondary N) is 2. The number of hydrogen-bond donors (Lipinski definition) is 2. The van der Waals surface area contributed by atoms with Gasteiger partial charge in [0.15, 0.2) is 5.13 Å². The van der Waals surface area contributed by atoms with Crippen molar-refractivity contribution in [2.75, 3.05) is 10.6 Å². The first-order chi connectivity index (χ1) is 12.0. The number of benzene rings is 1. The molecule has 0 aliphatic rings. The van der Waals surface area contributed by atoms with Crippen LogP contribution in [-0.4, -0.2) is 19.9 Å². The predicted octanol–water partition coefficient (Wildman–Crippen LogP) is 4.08. The zero-order valence-corrected chi connectivity index (χ0v) is 14.1. The summed E-state index contributed by atoms with van der Waals surface area (Å²) in [6.45, 7) is 3.74. The quantitative estimate of drug-likeness (QED) is 0.521. The van der Waals surface area contributed by atoms with Gasteiger partial charge in [0.2, 0.25) is 11.6 Å². The van der Waals surface area contributed by atoms with Crippen molar-refractivity contribution in [1.82, 2.24) is 15.0 Å². The Morgan fingerprint density at radius 3 is 2.44 bits per heavy atom. The van der Waals surface area contributed by atoms with E-state index in [0.29, 0.717) is 5.13 Å². The van der Waals surface area contributed by atoms with Gasteiger partial charge in [0.1, 0.15) is 12.1 Å². The van der Waals surface area contributed by atoms with Gasteiger partial charge >= 0.3 is 5.69 Å². The van der Waals surface area contributed by atoms with Crippen LogP contribution in [0, 0.1) is 29.8 Å². The summed E-state index contributed by atoms with van der Waals surface area (Å²) in [5.41, 5.74) is 0.515. The zero-order chi connectivity index (χ0) is 18.0. The minimum atomic E-state index is -0.626. The molecule has 2 N–H and O–H groups in total. The molecule has 0 radical (unpaired) electrons. The van der Waals surface area contributed by atoms with E-state index in [1.807, 2.05) is 13.8 Å². The number of thiazole rings is 1. The Hall–Kier alpha value is -3.14. The smallest absolute Gasteiger partial charge is 0.332 e. The van der Waals surface area contributed by atoms with Gasteiger partial charge in [-0.05, 0) is 26.0 Å². The Morgan fingerprint density at radius 1 is 1.16 bits per heavy atom. The van der Waals surface area contributed by atoms with E-state index in [-0.39, 0.29) is 17.3 Å². The highest BCUT2D eigenvalue weighted by molar-refractivity contribution is 7.15. The lowest BCUT2D eigenvalue weighted by molar-refractivity contribution is -0.383. The largest absolute Gasteiger partial charge is 0.353 e. The van der Waals surface area contributed by atoms with Gasteiger partial charge in [-0.15, -0.1) is 11.3 Å². The third-order valence-corrected chi connectivity index (χ3v) is 4.37. The third kappa shape index (κ3) is 3.53. The van der Waals surface area contributed by atoms with Crippen LogP contribution < -0.4 is 10.6 Å². The Balaban J connectivity index is 1.99. The van der Waals surface area contributed by atoms with Gasteiger partial charge in [-0.1, -0.05) is 12.1 Å². The van der Waals surface area contributed by atoms with Crippen LogP contribution in [0.4, 0.5) is 32.5 Å². The van der Waals surface area contributed by atoms with Crippen molar-refractivity contribution < 1.29 is 9.31 Å². The first-order valence-corrected chi connectivity index (χ1v) is 7.99. The van der Waals surface area contributed by atoms with Gasteiger partial charge < -0.3 is 10.6 Å². The molecule has 0 saturated carbocycles. The van der Waals surface area contributed by atoms with E-state index in [9.17, 15) is 14.5 Å². The van der Waals surface area contributed by atoms with Crippen molar-refractivity contribution in [3.63, 3.8) is 0 Å². The molecule has 0 atom stereocenters. The number of rotatable bonds is 5. The third-order valence-electron chi connectivity index (χ3n) is 3.39. The Morgan fingerprint density at radius 2 is 1.84 bits per heavy atom. The molecule has 2 heterocycles. The van der Waals surface area contributed by atoms with Gasteiger partial charge in [-0.25, -0.2) is 19.3 Å². The van der Waals surface area contributed by atoms with Crippen molar-refractivity contribution >= 4 is 39.5 Å². The van der Waals surface area contributed by atoms with Gasteiger partial charge in [-0.3, -0.25) is 10.1 Å². The van der Waals surface area contributed by atoms with Crippen molar-refractivity contribution in [3.05, 3.63) is 57.1 Å². The molecule has 2 aromatic heterocycles. The maximum Gasteiger partial charge on any atom is 0.353 e. The fourth-order valence-electron chi connectivity index (χ4n) is 2.05. The molecule has 0 unspecified atom stereocenters. The Kier molecular flexibility index (Phi) is 4.52. The summed E-state index contributed by atoms with van der Waals surface area (Å²) in [7, 11) is 0. The summed E-state index contributed by atoms with van der Waals surface area (Å²) in [4.78, 5) is 24.0. The number of aryl methyl sites for hydroxylation is 2. The van der Waals surface area contributed by atoms with E-state index in [2.05, 4.69) is 25.6 Å². The molecular weight excluding hydrogens is 347 g/mol. The highest BCUT2D eigenvalue weighted by atomic mass is 32.1. The van der Waals surface area contributed by atoms with Gasteiger partial charge in [0.05, 0.1) is 16.3 Å². The molecule has 0 bridgehead atoms. The van der Waals surface area contributed by atoms with Crippen LogP contribution in [0.5, 0.6) is 0 Å². The molecule has 3 aromatic rings. The SMILES string of the molecule is Cc1nc(Nc2ncnc(Nc3ccccc3F)c2[N+](=O)[O-])sc1C. The Bertz CT molecular complexity index is 926. The van der Waals surface area contributed by atoms with Crippen LogP contribution in [0.1, 0.15) is 10.6 Å². The van der Waals surface area contributed by atoms with Gasteiger partial charge in [0, 0.05) is 4.88 Å². The van der Waals surface area contributed by atoms with E-state index in [4.69, 9.17) is 0 Å². The average molecular weight is 360 g/mol. The molecule has 8 nitrogen and oxygen atoms in total. The topological polar surface area (TPSA) is 106 Å². The second-order valence-corrected chi connectivity index (χ2v) is 6.27. The number of anilines is 4. The highest BCUT2D eigenvalue weighted by Crippen LogP contribution is 2.34. The maximum absolute atomic E-state index is 13.8. The monoisotopic (exact) mass is 360 g/mol. The molecule has 0 spiro atoms. The maximum atomic E-state index is 13.8. The molecule has 0 aliphatic carbocycles. The molecule has 0 aliphatic heterocycles. The molecule has 0 fully saturated rings. The second kappa shape index (κ2) is 6.77. The van der Waals surface area contributed by atoms with Crippen molar-refractivity contribution in [2.24, 2.45) is 0 Å². The normalized spacial score (nSPS) is 10.5. The standard InChI is InChI=1S/C15H13FN6O2S/c1-8-9(2)25-15(19-8)21-14-12(22(23)24)13(17-7-18-14)20-11-6-4-3-5-10(11)16/h3-7H,1-2H3,(H2,17,18,19,20,21). The van der Waals surface area contributed by atoms with E-state index >= 15 is 0 Å². The van der Waals surface area contributed by atoms with Gasteiger partial charge in [0.25, 0.3) is 0 Å². The lowest BCUT2D eigenvalue weighted by Crippen LogP contribution is -2.06. The lowest BCUT2D eigenvalue weighted by Gasteiger charge is -2.09. The number of nitro groups is 1. The molecular formula is C15H13FN6O2S. The molecule has 10 heteroatoms. The fraction of sp³-hybridized carbons (Fsp3) is 0.133. The molecule has 0 saturated heterocycles. The van der Waals surface area contributed by atoms with Crippen molar-refractivity contribution in [1.29, 1.82) is 0 Å². The minimum Gasteiger partial charge on any atom is -0.332 e. The van der Waals surface area contributed by atoms with Crippen LogP contribution >= 0.6 is 11.3 Å². The summed E-state index contributed by atoms with van der Waals surface area (Å²) in [5, 5.41) is 17.5. The second-order valence-electron chi connectivity index (χ2n) is 5.07. The molecule has 25 heavy (non-hydrogen) atoms. The van der Waals surface area contributed by atoms with E-state index < -0.39 is 16.4 Å².